The Morgan fingerprint density at radius 1 is 0.657 bits per heavy atom. The molecule has 0 amide bonds. The third-order valence-electron chi connectivity index (χ3n) is 5.88. The second-order valence-electron chi connectivity index (χ2n) is 8.31. The summed E-state index contributed by atoms with van der Waals surface area (Å²) < 4.78 is 33.4. The standard InChI is InChI=1S/C29H31IO5/c1-31-29-28(34-21-24-15-9-4-10-16-24)27(33-20-23-13-7-3-8-14-23)26(25(35-29)17-18-30)32-19-22-11-5-2-6-12-22/h2-18,25-29H,19-21H2,1H3/b18-17+/t25-,26-,27+,28-,29+/m1/s1. The molecule has 0 unspecified atom stereocenters. The average molecular weight is 586 g/mol. The summed E-state index contributed by atoms with van der Waals surface area (Å²) in [6, 6.07) is 30.3. The Labute approximate surface area is 221 Å². The molecular weight excluding hydrogens is 555 g/mol. The Morgan fingerprint density at radius 2 is 1.09 bits per heavy atom. The highest BCUT2D eigenvalue weighted by Crippen LogP contribution is 2.31. The minimum atomic E-state index is -0.603. The highest BCUT2D eigenvalue weighted by molar-refractivity contribution is 14.1. The Balaban J connectivity index is 1.59. The molecule has 3 aromatic carbocycles. The van der Waals surface area contributed by atoms with E-state index in [9.17, 15) is 0 Å². The summed E-state index contributed by atoms with van der Waals surface area (Å²) >= 11 is 2.20. The van der Waals surface area contributed by atoms with Crippen molar-refractivity contribution in [3.8, 4) is 0 Å². The molecule has 5 atom stereocenters. The van der Waals surface area contributed by atoms with Gasteiger partial charge in [0.1, 0.15) is 24.4 Å². The van der Waals surface area contributed by atoms with Gasteiger partial charge in [-0.2, -0.15) is 0 Å². The van der Waals surface area contributed by atoms with Gasteiger partial charge in [-0.25, -0.2) is 0 Å². The van der Waals surface area contributed by atoms with Crippen molar-refractivity contribution in [3.05, 3.63) is 118 Å². The van der Waals surface area contributed by atoms with Crippen LogP contribution in [-0.2, 0) is 43.5 Å². The van der Waals surface area contributed by atoms with E-state index in [0.29, 0.717) is 19.8 Å². The van der Waals surface area contributed by atoms with E-state index < -0.39 is 24.6 Å². The molecule has 35 heavy (non-hydrogen) atoms. The van der Waals surface area contributed by atoms with Crippen molar-refractivity contribution < 1.29 is 23.7 Å². The molecule has 1 fully saturated rings. The van der Waals surface area contributed by atoms with E-state index >= 15 is 0 Å². The van der Waals surface area contributed by atoms with Crippen LogP contribution in [0.3, 0.4) is 0 Å². The zero-order chi connectivity index (χ0) is 24.3. The topological polar surface area (TPSA) is 46.2 Å². The lowest BCUT2D eigenvalue weighted by Gasteiger charge is -2.44. The summed E-state index contributed by atoms with van der Waals surface area (Å²) in [5, 5.41) is 0. The second kappa shape index (κ2) is 13.9. The zero-order valence-corrected chi connectivity index (χ0v) is 21.9. The van der Waals surface area contributed by atoms with E-state index in [1.54, 1.807) is 7.11 Å². The number of hydrogen-bond donors (Lipinski definition) is 0. The molecule has 184 valence electrons. The maximum absolute atomic E-state index is 6.53. The van der Waals surface area contributed by atoms with E-state index in [2.05, 4.69) is 34.7 Å². The van der Waals surface area contributed by atoms with E-state index in [1.807, 2.05) is 89.0 Å². The number of methoxy groups -OCH3 is 1. The molecule has 0 spiro atoms. The van der Waals surface area contributed by atoms with Gasteiger partial charge in [-0.15, -0.1) is 0 Å². The molecule has 1 aliphatic rings. The van der Waals surface area contributed by atoms with Gasteiger partial charge in [0.25, 0.3) is 0 Å². The molecule has 0 N–H and O–H groups in total. The molecule has 6 heteroatoms. The second-order valence-corrected chi connectivity index (χ2v) is 9.03. The molecule has 0 saturated carbocycles. The number of ether oxygens (including phenoxy) is 5. The van der Waals surface area contributed by atoms with Crippen molar-refractivity contribution in [2.45, 2.75) is 50.5 Å². The third kappa shape index (κ3) is 7.46. The summed E-state index contributed by atoms with van der Waals surface area (Å²) in [5.41, 5.74) is 3.24. The molecular formula is C29H31IO5. The Bertz CT molecular complexity index is 1020. The van der Waals surface area contributed by atoms with Crippen molar-refractivity contribution in [1.29, 1.82) is 0 Å². The van der Waals surface area contributed by atoms with Gasteiger partial charge in [0, 0.05) is 7.11 Å². The molecule has 5 nitrogen and oxygen atoms in total. The van der Waals surface area contributed by atoms with Crippen molar-refractivity contribution >= 4 is 22.6 Å². The first-order chi connectivity index (χ1) is 17.3. The lowest BCUT2D eigenvalue weighted by molar-refractivity contribution is -0.309. The zero-order valence-electron chi connectivity index (χ0n) is 19.7. The molecule has 0 aliphatic carbocycles. The van der Waals surface area contributed by atoms with Gasteiger partial charge in [0.2, 0.25) is 0 Å². The highest BCUT2D eigenvalue weighted by atomic mass is 127. The minimum absolute atomic E-state index is 0.349. The van der Waals surface area contributed by atoms with Crippen LogP contribution >= 0.6 is 22.6 Å². The first kappa shape index (κ1) is 26.0. The molecule has 3 aromatic rings. The summed E-state index contributed by atoms with van der Waals surface area (Å²) in [7, 11) is 1.63. The predicted octanol–water partition coefficient (Wildman–Crippen LogP) is 6.06. The smallest absolute Gasteiger partial charge is 0.186 e. The van der Waals surface area contributed by atoms with Gasteiger partial charge in [-0.05, 0) is 26.8 Å². The van der Waals surface area contributed by atoms with Gasteiger partial charge in [-0.1, -0.05) is 114 Å². The largest absolute Gasteiger partial charge is 0.368 e. The molecule has 0 bridgehead atoms. The normalized spacial score (nSPS) is 24.6. The minimum Gasteiger partial charge on any atom is -0.368 e. The Morgan fingerprint density at radius 3 is 1.51 bits per heavy atom. The van der Waals surface area contributed by atoms with Gasteiger partial charge >= 0.3 is 0 Å². The molecule has 4 rings (SSSR count). The number of hydrogen-bond acceptors (Lipinski definition) is 5. The van der Waals surface area contributed by atoms with E-state index in [1.165, 1.54) is 0 Å². The van der Waals surface area contributed by atoms with Crippen molar-refractivity contribution in [3.63, 3.8) is 0 Å². The summed E-state index contributed by atoms with van der Waals surface area (Å²) in [6.07, 6.45) is -0.264. The number of halogens is 1. The number of benzene rings is 3. The first-order valence-electron chi connectivity index (χ1n) is 11.7. The van der Waals surface area contributed by atoms with E-state index in [0.717, 1.165) is 16.7 Å². The van der Waals surface area contributed by atoms with Crippen LogP contribution in [0.5, 0.6) is 0 Å². The average Bonchev–Trinajstić information content (AvgIpc) is 2.92. The quantitative estimate of drug-likeness (QED) is 0.256. The Kier molecular flexibility index (Phi) is 10.3. The fourth-order valence-electron chi connectivity index (χ4n) is 4.11. The molecule has 0 aromatic heterocycles. The van der Waals surface area contributed by atoms with Crippen LogP contribution in [0.4, 0.5) is 0 Å². The molecule has 1 heterocycles. The summed E-state index contributed by atoms with van der Waals surface area (Å²) in [6.45, 7) is 1.28. The summed E-state index contributed by atoms with van der Waals surface area (Å²) in [5.74, 6) is 0. The van der Waals surface area contributed by atoms with Crippen molar-refractivity contribution in [2.24, 2.45) is 0 Å². The van der Waals surface area contributed by atoms with E-state index in [4.69, 9.17) is 23.7 Å². The van der Waals surface area contributed by atoms with Crippen LogP contribution in [0.1, 0.15) is 16.7 Å². The van der Waals surface area contributed by atoms with Gasteiger partial charge in [0.15, 0.2) is 6.29 Å². The lowest BCUT2D eigenvalue weighted by Crippen LogP contribution is -2.60. The van der Waals surface area contributed by atoms with Crippen LogP contribution < -0.4 is 0 Å². The van der Waals surface area contributed by atoms with Crippen LogP contribution in [0.25, 0.3) is 0 Å². The fraction of sp³-hybridized carbons (Fsp3) is 0.310. The molecule has 0 radical (unpaired) electrons. The maximum atomic E-state index is 6.53. The highest BCUT2D eigenvalue weighted by Gasteiger charge is 2.47. The first-order valence-corrected chi connectivity index (χ1v) is 12.9. The van der Waals surface area contributed by atoms with Crippen LogP contribution in [-0.4, -0.2) is 37.8 Å². The van der Waals surface area contributed by atoms with Crippen LogP contribution in [0.15, 0.2) is 101 Å². The van der Waals surface area contributed by atoms with Gasteiger partial charge in [0.05, 0.1) is 19.8 Å². The number of rotatable bonds is 11. The molecule has 1 aliphatic heterocycles. The molecule has 1 saturated heterocycles. The van der Waals surface area contributed by atoms with Gasteiger partial charge in [-0.3, -0.25) is 0 Å². The SMILES string of the molecule is CO[C@H]1O[C@H](/C=C/I)[C@@H](OCc2ccccc2)[C@H](OCc2ccccc2)[C@H]1OCc1ccccc1. The van der Waals surface area contributed by atoms with E-state index in [-0.39, 0.29) is 6.10 Å². The predicted molar refractivity (Wildman–Crippen MR) is 144 cm³/mol. The van der Waals surface area contributed by atoms with Crippen LogP contribution in [0, 0.1) is 0 Å². The maximum Gasteiger partial charge on any atom is 0.186 e. The van der Waals surface area contributed by atoms with Crippen LogP contribution in [0.2, 0.25) is 0 Å². The monoisotopic (exact) mass is 586 g/mol. The fourth-order valence-corrected chi connectivity index (χ4v) is 4.52. The summed E-state index contributed by atoms with van der Waals surface area (Å²) in [4.78, 5) is 0. The Hall–Kier alpha value is -2.07. The third-order valence-corrected chi connectivity index (χ3v) is 6.30. The van der Waals surface area contributed by atoms with Crippen molar-refractivity contribution in [2.75, 3.05) is 7.11 Å². The lowest BCUT2D eigenvalue weighted by atomic mass is 9.97. The van der Waals surface area contributed by atoms with Crippen molar-refractivity contribution in [1.82, 2.24) is 0 Å². The van der Waals surface area contributed by atoms with Gasteiger partial charge < -0.3 is 23.7 Å².